The summed E-state index contributed by atoms with van der Waals surface area (Å²) in [6, 6.07) is 8.38. The van der Waals surface area contributed by atoms with Crippen LogP contribution in [0.1, 0.15) is 24.9 Å². The molecule has 1 atom stereocenters. The second-order valence-corrected chi connectivity index (χ2v) is 3.99. The second kappa shape index (κ2) is 8.10. The molecule has 0 aliphatic heterocycles. The molecule has 6 heteroatoms. The van der Waals surface area contributed by atoms with Crippen molar-refractivity contribution >= 4 is 11.7 Å². The van der Waals surface area contributed by atoms with Crippen LogP contribution in [0.5, 0.6) is 0 Å². The van der Waals surface area contributed by atoms with Gasteiger partial charge in [-0.25, -0.2) is 0 Å². The van der Waals surface area contributed by atoms with E-state index < -0.39 is 6.04 Å². The number of oxime groups is 1. The van der Waals surface area contributed by atoms with Crippen LogP contribution in [-0.4, -0.2) is 30.2 Å². The maximum absolute atomic E-state index is 11.7. The molecule has 0 saturated heterocycles. The molecule has 4 N–H and O–H groups in total. The first kappa shape index (κ1) is 15.0. The fourth-order valence-corrected chi connectivity index (χ4v) is 1.54. The Hall–Kier alpha value is -2.08. The van der Waals surface area contributed by atoms with Crippen molar-refractivity contribution in [3.05, 3.63) is 35.9 Å². The van der Waals surface area contributed by atoms with Gasteiger partial charge in [0, 0.05) is 6.61 Å². The maximum atomic E-state index is 11.7. The van der Waals surface area contributed by atoms with Gasteiger partial charge in [0.2, 0.25) is 5.91 Å². The van der Waals surface area contributed by atoms with Crippen LogP contribution in [0.25, 0.3) is 0 Å². The molecule has 0 fully saturated rings. The van der Waals surface area contributed by atoms with Gasteiger partial charge in [0.15, 0.2) is 5.84 Å². The van der Waals surface area contributed by atoms with Gasteiger partial charge in [-0.15, -0.1) is 0 Å². The first-order chi connectivity index (χ1) is 9.19. The number of amides is 1. The zero-order valence-electron chi connectivity index (χ0n) is 10.9. The minimum absolute atomic E-state index is 0.0458. The second-order valence-electron chi connectivity index (χ2n) is 3.99. The average molecular weight is 265 g/mol. The first-order valence-electron chi connectivity index (χ1n) is 6.08. The molecule has 1 aromatic rings. The van der Waals surface area contributed by atoms with Crippen LogP contribution in [0.15, 0.2) is 35.5 Å². The quantitative estimate of drug-likeness (QED) is 0.225. The van der Waals surface area contributed by atoms with E-state index in [-0.39, 0.29) is 18.3 Å². The summed E-state index contributed by atoms with van der Waals surface area (Å²) in [5.74, 6) is -0.385. The molecule has 0 bridgehead atoms. The van der Waals surface area contributed by atoms with Crippen molar-refractivity contribution in [2.24, 2.45) is 10.9 Å². The Kier molecular flexibility index (Phi) is 6.38. The summed E-state index contributed by atoms with van der Waals surface area (Å²) >= 11 is 0. The normalized spacial score (nSPS) is 13.0. The summed E-state index contributed by atoms with van der Waals surface area (Å²) in [6.45, 7) is 2.43. The zero-order chi connectivity index (χ0) is 14.1. The molecule has 0 spiro atoms. The highest BCUT2D eigenvalue weighted by molar-refractivity contribution is 5.91. The Morgan fingerprint density at radius 1 is 1.47 bits per heavy atom. The van der Waals surface area contributed by atoms with E-state index in [4.69, 9.17) is 15.7 Å². The van der Waals surface area contributed by atoms with E-state index in [1.165, 1.54) is 0 Å². The van der Waals surface area contributed by atoms with Crippen LogP contribution in [0.4, 0.5) is 0 Å². The third-order valence-corrected chi connectivity index (χ3v) is 2.43. The van der Waals surface area contributed by atoms with E-state index in [1.807, 2.05) is 25.1 Å². The highest BCUT2D eigenvalue weighted by atomic mass is 16.5. The number of nitrogens with zero attached hydrogens (tertiary/aromatic N) is 1. The van der Waals surface area contributed by atoms with Crippen molar-refractivity contribution in [2.45, 2.75) is 19.4 Å². The Morgan fingerprint density at radius 2 is 2.16 bits per heavy atom. The Bertz CT molecular complexity index is 420. The van der Waals surface area contributed by atoms with Crippen LogP contribution in [-0.2, 0) is 9.53 Å². The van der Waals surface area contributed by atoms with Crippen molar-refractivity contribution in [3.63, 3.8) is 0 Å². The summed E-state index contributed by atoms with van der Waals surface area (Å²) in [6.07, 6.45) is 0.843. The number of ether oxygens (including phenoxy) is 1. The van der Waals surface area contributed by atoms with Crippen LogP contribution in [0.2, 0.25) is 0 Å². The highest BCUT2D eigenvalue weighted by Gasteiger charge is 2.18. The van der Waals surface area contributed by atoms with E-state index in [0.717, 1.165) is 12.0 Å². The maximum Gasteiger partial charge on any atom is 0.246 e. The predicted molar refractivity (Wildman–Crippen MR) is 71.8 cm³/mol. The van der Waals surface area contributed by atoms with Gasteiger partial charge in [-0.2, -0.15) is 0 Å². The number of rotatable bonds is 7. The molecule has 0 saturated carbocycles. The molecule has 1 amide bonds. The Morgan fingerprint density at radius 3 is 2.74 bits per heavy atom. The number of carbonyl (C=O) groups excluding carboxylic acids is 1. The Labute approximate surface area is 112 Å². The first-order valence-corrected chi connectivity index (χ1v) is 6.08. The monoisotopic (exact) mass is 265 g/mol. The standard InChI is InChI=1S/C13H19N3O3/c1-2-8-19-9-11(17)15-12(13(14)16-18)10-6-4-3-5-7-10/h3-7,12,18H,2,8-9H2,1H3,(H2,14,16)(H,15,17). The lowest BCUT2D eigenvalue weighted by molar-refractivity contribution is -0.126. The molecular formula is C13H19N3O3. The molecule has 1 aromatic carbocycles. The molecule has 1 unspecified atom stereocenters. The highest BCUT2D eigenvalue weighted by Crippen LogP contribution is 2.12. The Balaban J connectivity index is 2.69. The van der Waals surface area contributed by atoms with Crippen molar-refractivity contribution in [1.82, 2.24) is 5.32 Å². The van der Waals surface area contributed by atoms with Crippen LogP contribution >= 0.6 is 0 Å². The van der Waals surface area contributed by atoms with E-state index in [1.54, 1.807) is 12.1 Å². The SMILES string of the molecule is CCCOCC(=O)NC(/C(N)=N/O)c1ccccc1. The molecule has 19 heavy (non-hydrogen) atoms. The summed E-state index contributed by atoms with van der Waals surface area (Å²) < 4.78 is 5.14. The topological polar surface area (TPSA) is 96.9 Å². The number of amidine groups is 1. The molecule has 6 nitrogen and oxygen atoms in total. The van der Waals surface area contributed by atoms with Crippen LogP contribution in [0.3, 0.4) is 0 Å². The summed E-state index contributed by atoms with van der Waals surface area (Å²) in [5.41, 5.74) is 6.33. The predicted octanol–water partition coefficient (Wildman–Crippen LogP) is 1.02. The summed E-state index contributed by atoms with van der Waals surface area (Å²) in [4.78, 5) is 11.7. The zero-order valence-corrected chi connectivity index (χ0v) is 10.9. The fourth-order valence-electron chi connectivity index (χ4n) is 1.54. The number of hydrogen-bond donors (Lipinski definition) is 3. The van der Waals surface area contributed by atoms with E-state index >= 15 is 0 Å². The lowest BCUT2D eigenvalue weighted by Gasteiger charge is -2.17. The smallest absolute Gasteiger partial charge is 0.246 e. The van der Waals surface area contributed by atoms with Gasteiger partial charge in [0.05, 0.1) is 0 Å². The molecule has 104 valence electrons. The lowest BCUT2D eigenvalue weighted by Crippen LogP contribution is -2.39. The van der Waals surface area contributed by atoms with E-state index in [0.29, 0.717) is 6.61 Å². The largest absolute Gasteiger partial charge is 0.409 e. The minimum atomic E-state index is -0.663. The minimum Gasteiger partial charge on any atom is -0.409 e. The number of benzene rings is 1. The molecular weight excluding hydrogens is 246 g/mol. The van der Waals surface area contributed by atoms with Crippen molar-refractivity contribution < 1.29 is 14.7 Å². The van der Waals surface area contributed by atoms with Gasteiger partial charge in [0.1, 0.15) is 12.6 Å². The van der Waals surface area contributed by atoms with Gasteiger partial charge in [0.25, 0.3) is 0 Å². The van der Waals surface area contributed by atoms with Gasteiger partial charge in [-0.05, 0) is 12.0 Å². The molecule has 0 aromatic heterocycles. The van der Waals surface area contributed by atoms with Crippen LogP contribution in [0, 0.1) is 0 Å². The average Bonchev–Trinajstić information content (AvgIpc) is 2.45. The van der Waals surface area contributed by atoms with Crippen molar-refractivity contribution in [1.29, 1.82) is 0 Å². The van der Waals surface area contributed by atoms with Gasteiger partial charge >= 0.3 is 0 Å². The van der Waals surface area contributed by atoms with Crippen molar-refractivity contribution in [3.8, 4) is 0 Å². The molecule has 0 radical (unpaired) electrons. The third kappa shape index (κ3) is 4.97. The lowest BCUT2D eigenvalue weighted by atomic mass is 10.1. The van der Waals surface area contributed by atoms with Gasteiger partial charge in [-0.1, -0.05) is 42.4 Å². The van der Waals surface area contributed by atoms with Crippen LogP contribution < -0.4 is 11.1 Å². The van der Waals surface area contributed by atoms with E-state index in [9.17, 15) is 4.79 Å². The van der Waals surface area contributed by atoms with Gasteiger partial charge in [-0.3, -0.25) is 4.79 Å². The van der Waals surface area contributed by atoms with E-state index in [2.05, 4.69) is 10.5 Å². The molecule has 0 aliphatic rings. The fraction of sp³-hybridized carbons (Fsp3) is 0.385. The van der Waals surface area contributed by atoms with Crippen molar-refractivity contribution in [2.75, 3.05) is 13.2 Å². The number of nitrogens with two attached hydrogens (primary N) is 1. The molecule has 1 rings (SSSR count). The molecule has 0 heterocycles. The number of hydrogen-bond acceptors (Lipinski definition) is 4. The molecule has 0 aliphatic carbocycles. The third-order valence-electron chi connectivity index (χ3n) is 2.43. The number of carbonyl (C=O) groups is 1. The summed E-state index contributed by atoms with van der Waals surface area (Å²) in [5, 5.41) is 14.4. The van der Waals surface area contributed by atoms with Gasteiger partial charge < -0.3 is 21.0 Å². The number of nitrogens with one attached hydrogen (secondary N) is 1. The summed E-state index contributed by atoms with van der Waals surface area (Å²) in [7, 11) is 0.